The molecule has 2 aromatic carbocycles. The number of hydrazone groups is 1. The molecule has 5 nitrogen and oxygen atoms in total. The van der Waals surface area contributed by atoms with Crippen LogP contribution in [-0.4, -0.2) is 24.1 Å². The van der Waals surface area contributed by atoms with E-state index in [2.05, 4.69) is 15.8 Å². The van der Waals surface area contributed by atoms with Crippen molar-refractivity contribution >= 4 is 41.2 Å². The van der Waals surface area contributed by atoms with Gasteiger partial charge in [-0.2, -0.15) is 5.10 Å². The standard InChI is InChI=1S/C19H18Cl2FN3O2/c1-11(2)17(24-18(26)14-5-3-4-6-16(14)22)19(27)25-23-10-12-7-8-13(20)9-15(12)21/h3-11,17H,1-2H3,(H,24,26)(H,25,27)/b23-10+. The molecule has 27 heavy (non-hydrogen) atoms. The normalized spacial score (nSPS) is 12.2. The summed E-state index contributed by atoms with van der Waals surface area (Å²) in [7, 11) is 0. The number of halogens is 3. The summed E-state index contributed by atoms with van der Waals surface area (Å²) in [5, 5.41) is 7.25. The highest BCUT2D eigenvalue weighted by atomic mass is 35.5. The van der Waals surface area contributed by atoms with Gasteiger partial charge in [0.05, 0.1) is 16.8 Å². The van der Waals surface area contributed by atoms with Gasteiger partial charge in [0, 0.05) is 10.6 Å². The van der Waals surface area contributed by atoms with Gasteiger partial charge < -0.3 is 5.32 Å². The second kappa shape index (κ2) is 9.48. The molecule has 0 aliphatic rings. The first-order chi connectivity index (χ1) is 12.8. The van der Waals surface area contributed by atoms with Crippen LogP contribution in [0, 0.1) is 11.7 Å². The lowest BCUT2D eigenvalue weighted by atomic mass is 10.0. The number of amides is 2. The summed E-state index contributed by atoms with van der Waals surface area (Å²) in [4.78, 5) is 24.6. The molecule has 142 valence electrons. The Morgan fingerprint density at radius 2 is 1.85 bits per heavy atom. The van der Waals surface area contributed by atoms with Crippen molar-refractivity contribution in [1.82, 2.24) is 10.7 Å². The molecule has 2 rings (SSSR count). The highest BCUT2D eigenvalue weighted by Gasteiger charge is 2.25. The minimum atomic E-state index is -0.894. The van der Waals surface area contributed by atoms with Gasteiger partial charge in [0.15, 0.2) is 0 Å². The average Bonchev–Trinajstić information content (AvgIpc) is 2.61. The van der Waals surface area contributed by atoms with Crippen LogP contribution in [0.25, 0.3) is 0 Å². The van der Waals surface area contributed by atoms with Gasteiger partial charge in [-0.25, -0.2) is 9.82 Å². The molecule has 0 saturated carbocycles. The third-order valence-corrected chi connectivity index (χ3v) is 4.26. The monoisotopic (exact) mass is 409 g/mol. The number of hydrogen-bond donors (Lipinski definition) is 2. The molecule has 0 aromatic heterocycles. The van der Waals surface area contributed by atoms with Gasteiger partial charge in [-0.1, -0.05) is 55.2 Å². The first-order valence-electron chi connectivity index (χ1n) is 8.13. The Kier molecular flexibility index (Phi) is 7.33. The van der Waals surface area contributed by atoms with Crippen LogP contribution in [0.15, 0.2) is 47.6 Å². The van der Waals surface area contributed by atoms with E-state index >= 15 is 0 Å². The number of rotatable bonds is 6. The topological polar surface area (TPSA) is 70.6 Å². The van der Waals surface area contributed by atoms with Crippen molar-refractivity contribution in [2.45, 2.75) is 19.9 Å². The zero-order chi connectivity index (χ0) is 20.0. The van der Waals surface area contributed by atoms with Crippen molar-refractivity contribution < 1.29 is 14.0 Å². The van der Waals surface area contributed by atoms with E-state index in [1.807, 2.05) is 0 Å². The van der Waals surface area contributed by atoms with E-state index in [0.717, 1.165) is 0 Å². The lowest BCUT2D eigenvalue weighted by molar-refractivity contribution is -0.123. The number of nitrogens with one attached hydrogen (secondary N) is 2. The van der Waals surface area contributed by atoms with Gasteiger partial charge >= 0.3 is 0 Å². The van der Waals surface area contributed by atoms with E-state index in [1.165, 1.54) is 24.4 Å². The minimum Gasteiger partial charge on any atom is -0.340 e. The molecule has 0 aliphatic carbocycles. The lowest BCUT2D eigenvalue weighted by Gasteiger charge is -2.20. The number of carbonyl (C=O) groups excluding carboxylic acids is 2. The Balaban J connectivity index is 2.05. The average molecular weight is 410 g/mol. The molecule has 0 spiro atoms. The second-order valence-electron chi connectivity index (χ2n) is 6.08. The van der Waals surface area contributed by atoms with Gasteiger partial charge in [0.25, 0.3) is 11.8 Å². The third kappa shape index (κ3) is 5.77. The van der Waals surface area contributed by atoms with Gasteiger partial charge in [-0.05, 0) is 30.2 Å². The van der Waals surface area contributed by atoms with Crippen molar-refractivity contribution in [2.75, 3.05) is 0 Å². The predicted molar refractivity (Wildman–Crippen MR) is 105 cm³/mol. The van der Waals surface area contributed by atoms with E-state index in [9.17, 15) is 14.0 Å². The second-order valence-corrected chi connectivity index (χ2v) is 6.92. The van der Waals surface area contributed by atoms with Crippen LogP contribution in [0.2, 0.25) is 10.0 Å². The molecule has 2 N–H and O–H groups in total. The van der Waals surface area contributed by atoms with E-state index in [0.29, 0.717) is 15.6 Å². The molecular weight excluding hydrogens is 392 g/mol. The Hall–Kier alpha value is -2.44. The highest BCUT2D eigenvalue weighted by Crippen LogP contribution is 2.19. The minimum absolute atomic E-state index is 0.132. The fourth-order valence-electron chi connectivity index (χ4n) is 2.24. The number of benzene rings is 2. The van der Waals surface area contributed by atoms with Gasteiger partial charge in [-0.3, -0.25) is 9.59 Å². The maximum atomic E-state index is 13.7. The molecule has 0 heterocycles. The van der Waals surface area contributed by atoms with Crippen LogP contribution in [0.4, 0.5) is 4.39 Å². The number of hydrogen-bond acceptors (Lipinski definition) is 3. The summed E-state index contributed by atoms with van der Waals surface area (Å²) < 4.78 is 13.7. The van der Waals surface area contributed by atoms with Crippen molar-refractivity contribution in [2.24, 2.45) is 11.0 Å². The number of nitrogens with zero attached hydrogens (tertiary/aromatic N) is 1. The molecular formula is C19H18Cl2FN3O2. The zero-order valence-electron chi connectivity index (χ0n) is 14.7. The molecule has 0 radical (unpaired) electrons. The van der Waals surface area contributed by atoms with Gasteiger partial charge in [0.2, 0.25) is 0 Å². The Bertz CT molecular complexity index is 872. The summed E-state index contributed by atoms with van der Waals surface area (Å²) in [6.45, 7) is 3.51. The van der Waals surface area contributed by atoms with Crippen molar-refractivity contribution in [3.8, 4) is 0 Å². The largest absolute Gasteiger partial charge is 0.340 e. The smallest absolute Gasteiger partial charge is 0.262 e. The molecule has 2 aromatic rings. The fourth-order valence-corrected chi connectivity index (χ4v) is 2.70. The predicted octanol–water partition coefficient (Wildman–Crippen LogP) is 4.04. The molecule has 0 fully saturated rings. The lowest BCUT2D eigenvalue weighted by Crippen LogP contribution is -2.48. The molecule has 0 bridgehead atoms. The summed E-state index contributed by atoms with van der Waals surface area (Å²) in [5.74, 6) is -2.11. The van der Waals surface area contributed by atoms with Crippen LogP contribution >= 0.6 is 23.2 Å². The van der Waals surface area contributed by atoms with Crippen molar-refractivity contribution in [3.05, 3.63) is 69.5 Å². The molecule has 0 saturated heterocycles. The third-order valence-electron chi connectivity index (χ3n) is 3.70. The maximum absolute atomic E-state index is 13.7. The molecule has 1 unspecified atom stereocenters. The molecule has 0 aliphatic heterocycles. The van der Waals surface area contributed by atoms with E-state index in [4.69, 9.17) is 23.2 Å². The van der Waals surface area contributed by atoms with Crippen LogP contribution in [-0.2, 0) is 4.79 Å². The summed E-state index contributed by atoms with van der Waals surface area (Å²) in [5.41, 5.74) is 2.79. The summed E-state index contributed by atoms with van der Waals surface area (Å²) >= 11 is 11.9. The quantitative estimate of drug-likeness (QED) is 0.558. The van der Waals surface area contributed by atoms with E-state index in [1.54, 1.807) is 38.1 Å². The zero-order valence-corrected chi connectivity index (χ0v) is 16.2. The molecule has 2 amide bonds. The molecule has 8 heteroatoms. The van der Waals surface area contributed by atoms with Crippen LogP contribution in [0.1, 0.15) is 29.8 Å². The Labute approximate surface area is 166 Å². The van der Waals surface area contributed by atoms with E-state index in [-0.39, 0.29) is 11.5 Å². The van der Waals surface area contributed by atoms with Crippen LogP contribution in [0.3, 0.4) is 0 Å². The van der Waals surface area contributed by atoms with Crippen LogP contribution < -0.4 is 10.7 Å². The maximum Gasteiger partial charge on any atom is 0.262 e. The summed E-state index contributed by atoms with van der Waals surface area (Å²) in [6, 6.07) is 9.51. The van der Waals surface area contributed by atoms with Gasteiger partial charge in [-0.15, -0.1) is 0 Å². The fraction of sp³-hybridized carbons (Fsp3) is 0.211. The first kappa shape index (κ1) is 20.9. The van der Waals surface area contributed by atoms with E-state index < -0.39 is 23.7 Å². The first-order valence-corrected chi connectivity index (χ1v) is 8.88. The number of carbonyl (C=O) groups is 2. The van der Waals surface area contributed by atoms with Crippen molar-refractivity contribution in [1.29, 1.82) is 0 Å². The molecule has 1 atom stereocenters. The highest BCUT2D eigenvalue weighted by molar-refractivity contribution is 6.36. The summed E-state index contributed by atoms with van der Waals surface area (Å²) in [6.07, 6.45) is 1.37. The SMILES string of the molecule is CC(C)C(NC(=O)c1ccccc1F)C(=O)N/N=C/c1ccc(Cl)cc1Cl. The van der Waals surface area contributed by atoms with Gasteiger partial charge in [0.1, 0.15) is 11.9 Å². The Morgan fingerprint density at radius 3 is 2.48 bits per heavy atom. The Morgan fingerprint density at radius 1 is 1.15 bits per heavy atom. The van der Waals surface area contributed by atoms with Crippen molar-refractivity contribution in [3.63, 3.8) is 0 Å². The van der Waals surface area contributed by atoms with Crippen LogP contribution in [0.5, 0.6) is 0 Å².